The van der Waals surface area contributed by atoms with Gasteiger partial charge in [-0.1, -0.05) is 48.0 Å². The molecule has 4 nitrogen and oxygen atoms in total. The van der Waals surface area contributed by atoms with Gasteiger partial charge in [-0.05, 0) is 29.7 Å². The number of nitrogens with one attached hydrogen (secondary N) is 1. The molecule has 2 N–H and O–H groups in total. The Balaban J connectivity index is 1.68. The lowest BCUT2D eigenvalue weighted by Crippen LogP contribution is -2.23. The number of para-hydroxylation sites is 1. The summed E-state index contributed by atoms with van der Waals surface area (Å²) in [4.78, 5) is 11.8. The van der Waals surface area contributed by atoms with E-state index >= 15 is 0 Å². The standard InChI is InChI=1S/C18H20ClNO3/c19-16-8-3-4-9-17(16)23-11-5-10-18(22)20-12-14-6-1-2-7-15(14)13-21/h1-4,6-9,21H,5,10-13H2,(H,20,22). The molecule has 2 rings (SSSR count). The fourth-order valence-corrected chi connectivity index (χ4v) is 2.33. The maximum atomic E-state index is 11.8. The van der Waals surface area contributed by atoms with Crippen molar-refractivity contribution in [3.63, 3.8) is 0 Å². The Bertz CT molecular complexity index is 646. The van der Waals surface area contributed by atoms with Gasteiger partial charge >= 0.3 is 0 Å². The summed E-state index contributed by atoms with van der Waals surface area (Å²) < 4.78 is 5.54. The molecule has 0 heterocycles. The molecular formula is C18H20ClNO3. The summed E-state index contributed by atoms with van der Waals surface area (Å²) in [6, 6.07) is 14.8. The summed E-state index contributed by atoms with van der Waals surface area (Å²) in [7, 11) is 0. The highest BCUT2D eigenvalue weighted by Gasteiger charge is 2.05. The van der Waals surface area contributed by atoms with Gasteiger partial charge in [-0.3, -0.25) is 4.79 Å². The zero-order valence-corrected chi connectivity index (χ0v) is 13.6. The van der Waals surface area contributed by atoms with Crippen LogP contribution in [0.1, 0.15) is 24.0 Å². The first-order chi connectivity index (χ1) is 11.2. The lowest BCUT2D eigenvalue weighted by Gasteiger charge is -2.10. The van der Waals surface area contributed by atoms with Gasteiger partial charge in [0.1, 0.15) is 5.75 Å². The Kier molecular flexibility index (Phi) is 6.91. The predicted molar refractivity (Wildman–Crippen MR) is 90.4 cm³/mol. The summed E-state index contributed by atoms with van der Waals surface area (Å²) in [5.74, 6) is 0.590. The van der Waals surface area contributed by atoms with Crippen LogP contribution in [0.4, 0.5) is 0 Å². The summed E-state index contributed by atoms with van der Waals surface area (Å²) in [6.45, 7) is 0.822. The molecule has 2 aromatic rings. The molecule has 2 aromatic carbocycles. The van der Waals surface area contributed by atoms with Crippen LogP contribution in [0, 0.1) is 0 Å². The predicted octanol–water partition coefficient (Wildman–Crippen LogP) is 3.31. The number of carbonyl (C=O) groups is 1. The Morgan fingerprint density at radius 2 is 1.78 bits per heavy atom. The number of ether oxygens (including phenoxy) is 1. The SMILES string of the molecule is O=C(CCCOc1ccccc1Cl)NCc1ccccc1CO. The van der Waals surface area contributed by atoms with Gasteiger partial charge in [0.15, 0.2) is 0 Å². The van der Waals surface area contributed by atoms with Crippen LogP contribution in [-0.4, -0.2) is 17.6 Å². The number of rotatable bonds is 8. The largest absolute Gasteiger partial charge is 0.492 e. The smallest absolute Gasteiger partial charge is 0.220 e. The van der Waals surface area contributed by atoms with Crippen molar-refractivity contribution in [3.05, 3.63) is 64.7 Å². The third kappa shape index (κ3) is 5.58. The maximum Gasteiger partial charge on any atom is 0.220 e. The van der Waals surface area contributed by atoms with Gasteiger partial charge in [0.05, 0.1) is 18.2 Å². The van der Waals surface area contributed by atoms with Crippen LogP contribution in [0.25, 0.3) is 0 Å². The number of halogens is 1. The molecular weight excluding hydrogens is 314 g/mol. The normalized spacial score (nSPS) is 10.3. The van der Waals surface area contributed by atoms with E-state index in [1.807, 2.05) is 36.4 Å². The summed E-state index contributed by atoms with van der Waals surface area (Å²) in [5.41, 5.74) is 1.76. The van der Waals surface area contributed by atoms with Gasteiger partial charge in [0.25, 0.3) is 0 Å². The van der Waals surface area contributed by atoms with Crippen molar-refractivity contribution < 1.29 is 14.6 Å². The molecule has 0 aromatic heterocycles. The van der Waals surface area contributed by atoms with Crippen LogP contribution >= 0.6 is 11.6 Å². The third-order valence-corrected chi connectivity index (χ3v) is 3.72. The Morgan fingerprint density at radius 1 is 1.09 bits per heavy atom. The molecule has 0 bridgehead atoms. The zero-order chi connectivity index (χ0) is 16.5. The Labute approximate surface area is 141 Å². The second kappa shape index (κ2) is 9.18. The summed E-state index contributed by atoms with van der Waals surface area (Å²) in [5, 5.41) is 12.7. The molecule has 0 saturated heterocycles. The number of hydrogen-bond acceptors (Lipinski definition) is 3. The second-order valence-electron chi connectivity index (χ2n) is 5.09. The molecule has 0 aliphatic heterocycles. The van der Waals surface area contributed by atoms with E-state index < -0.39 is 0 Å². The van der Waals surface area contributed by atoms with Gasteiger partial charge in [0.2, 0.25) is 5.91 Å². The van der Waals surface area contributed by atoms with Gasteiger partial charge in [-0.2, -0.15) is 0 Å². The average Bonchev–Trinajstić information content (AvgIpc) is 2.58. The van der Waals surface area contributed by atoms with Crippen LogP contribution in [0.15, 0.2) is 48.5 Å². The van der Waals surface area contributed by atoms with Crippen molar-refractivity contribution >= 4 is 17.5 Å². The zero-order valence-electron chi connectivity index (χ0n) is 12.8. The van der Waals surface area contributed by atoms with Crippen molar-refractivity contribution in [1.29, 1.82) is 0 Å². The molecule has 0 saturated carbocycles. The summed E-state index contributed by atoms with van der Waals surface area (Å²) >= 11 is 5.99. The lowest BCUT2D eigenvalue weighted by molar-refractivity contribution is -0.121. The number of benzene rings is 2. The van der Waals surface area contributed by atoms with Crippen molar-refractivity contribution in [3.8, 4) is 5.75 Å². The molecule has 0 aliphatic carbocycles. The van der Waals surface area contributed by atoms with E-state index in [2.05, 4.69) is 5.32 Å². The second-order valence-corrected chi connectivity index (χ2v) is 5.49. The molecule has 1 amide bonds. The van der Waals surface area contributed by atoms with Gasteiger partial charge < -0.3 is 15.2 Å². The quantitative estimate of drug-likeness (QED) is 0.729. The highest BCUT2D eigenvalue weighted by Crippen LogP contribution is 2.23. The van der Waals surface area contributed by atoms with Crippen LogP contribution in [0.2, 0.25) is 5.02 Å². The summed E-state index contributed by atoms with van der Waals surface area (Å²) in [6.07, 6.45) is 0.991. The molecule has 0 fully saturated rings. The molecule has 0 radical (unpaired) electrons. The van der Waals surface area contributed by atoms with Crippen molar-refractivity contribution in [2.75, 3.05) is 6.61 Å². The van der Waals surface area contributed by atoms with Crippen molar-refractivity contribution in [1.82, 2.24) is 5.32 Å². The van der Waals surface area contributed by atoms with E-state index in [0.29, 0.717) is 36.8 Å². The highest BCUT2D eigenvalue weighted by atomic mass is 35.5. The maximum absolute atomic E-state index is 11.8. The Hall–Kier alpha value is -2.04. The topological polar surface area (TPSA) is 58.6 Å². The number of amides is 1. The van der Waals surface area contributed by atoms with Crippen molar-refractivity contribution in [2.24, 2.45) is 0 Å². The molecule has 0 aliphatic rings. The first-order valence-corrected chi connectivity index (χ1v) is 7.90. The molecule has 23 heavy (non-hydrogen) atoms. The molecule has 0 atom stereocenters. The van der Waals surface area contributed by atoms with Crippen molar-refractivity contribution in [2.45, 2.75) is 26.0 Å². The average molecular weight is 334 g/mol. The number of aliphatic hydroxyl groups excluding tert-OH is 1. The monoisotopic (exact) mass is 333 g/mol. The van der Waals surface area contributed by atoms with E-state index in [1.54, 1.807) is 12.1 Å². The molecule has 122 valence electrons. The van der Waals surface area contributed by atoms with Gasteiger partial charge in [-0.25, -0.2) is 0 Å². The van der Waals surface area contributed by atoms with Gasteiger partial charge in [-0.15, -0.1) is 0 Å². The highest BCUT2D eigenvalue weighted by molar-refractivity contribution is 6.32. The van der Waals surface area contributed by atoms with Gasteiger partial charge in [0, 0.05) is 13.0 Å². The van der Waals surface area contributed by atoms with E-state index in [4.69, 9.17) is 16.3 Å². The van der Waals surface area contributed by atoms with Crippen LogP contribution < -0.4 is 10.1 Å². The van der Waals surface area contributed by atoms with Crippen LogP contribution in [-0.2, 0) is 17.9 Å². The van der Waals surface area contributed by atoms with Crippen LogP contribution in [0.5, 0.6) is 5.75 Å². The minimum Gasteiger partial charge on any atom is -0.492 e. The third-order valence-electron chi connectivity index (χ3n) is 3.41. The first-order valence-electron chi connectivity index (χ1n) is 7.52. The van der Waals surface area contributed by atoms with Crippen LogP contribution in [0.3, 0.4) is 0 Å². The fourth-order valence-electron chi connectivity index (χ4n) is 2.14. The minimum atomic E-state index is -0.0412. The molecule has 5 heteroatoms. The Morgan fingerprint density at radius 3 is 2.52 bits per heavy atom. The number of carbonyl (C=O) groups excluding carboxylic acids is 1. The van der Waals surface area contributed by atoms with E-state index in [-0.39, 0.29) is 12.5 Å². The minimum absolute atomic E-state index is 0.0300. The molecule has 0 spiro atoms. The first kappa shape index (κ1) is 17.3. The lowest BCUT2D eigenvalue weighted by atomic mass is 10.1. The van der Waals surface area contributed by atoms with E-state index in [0.717, 1.165) is 11.1 Å². The van der Waals surface area contributed by atoms with E-state index in [9.17, 15) is 9.90 Å². The molecule has 0 unspecified atom stereocenters. The van der Waals surface area contributed by atoms with E-state index in [1.165, 1.54) is 0 Å². The number of aliphatic hydroxyl groups is 1. The fraction of sp³-hybridized carbons (Fsp3) is 0.278. The number of hydrogen-bond donors (Lipinski definition) is 2.